The highest BCUT2D eigenvalue weighted by molar-refractivity contribution is 5.60. The van der Waals surface area contributed by atoms with Crippen molar-refractivity contribution in [3.63, 3.8) is 0 Å². The number of carbonyl (C=O) groups is 1. The van der Waals surface area contributed by atoms with Gasteiger partial charge in [0.05, 0.1) is 0 Å². The van der Waals surface area contributed by atoms with Crippen molar-refractivity contribution in [2.75, 3.05) is 0 Å². The monoisotopic (exact) mass is 206 g/mol. The van der Waals surface area contributed by atoms with Gasteiger partial charge in [-0.05, 0) is 44.4 Å². The van der Waals surface area contributed by atoms with E-state index in [1.807, 2.05) is 6.92 Å². The van der Waals surface area contributed by atoms with Gasteiger partial charge in [-0.25, -0.2) is 0 Å². The zero-order chi connectivity index (χ0) is 11.3. The highest BCUT2D eigenvalue weighted by Crippen LogP contribution is 2.42. The fourth-order valence-corrected chi connectivity index (χ4v) is 2.48. The number of carbonyl (C=O) groups excluding carboxylic acids is 1. The molecule has 0 N–H and O–H groups in total. The average Bonchev–Trinajstić information content (AvgIpc) is 2.27. The van der Waals surface area contributed by atoms with E-state index in [4.69, 9.17) is 0 Å². The van der Waals surface area contributed by atoms with E-state index in [1.54, 1.807) is 0 Å². The van der Waals surface area contributed by atoms with Gasteiger partial charge in [0.1, 0.15) is 6.29 Å². The van der Waals surface area contributed by atoms with E-state index in [-0.39, 0.29) is 5.41 Å². The molecule has 0 bridgehead atoms. The summed E-state index contributed by atoms with van der Waals surface area (Å²) in [5.74, 6) is 7.54. The molecule has 84 valence electrons. The Bertz CT molecular complexity index is 259. The molecule has 0 radical (unpaired) electrons. The van der Waals surface area contributed by atoms with Crippen LogP contribution in [0, 0.1) is 29.1 Å². The van der Waals surface area contributed by atoms with E-state index in [9.17, 15) is 4.79 Å². The third kappa shape index (κ3) is 3.09. The van der Waals surface area contributed by atoms with Crippen LogP contribution < -0.4 is 0 Å². The molecular formula is C14H22O. The molecule has 1 rings (SSSR count). The van der Waals surface area contributed by atoms with Gasteiger partial charge in [-0.2, -0.15) is 0 Å². The second-order valence-corrected chi connectivity index (χ2v) is 5.17. The van der Waals surface area contributed by atoms with Crippen LogP contribution in [0.25, 0.3) is 0 Å². The first kappa shape index (κ1) is 12.3. The van der Waals surface area contributed by atoms with E-state index in [2.05, 4.69) is 25.7 Å². The Hall–Kier alpha value is -0.770. The topological polar surface area (TPSA) is 17.1 Å². The van der Waals surface area contributed by atoms with E-state index >= 15 is 0 Å². The Balaban J connectivity index is 2.57. The maximum absolute atomic E-state index is 11.2. The molecule has 1 heteroatoms. The molecule has 0 unspecified atom stereocenters. The van der Waals surface area contributed by atoms with E-state index in [0.29, 0.717) is 0 Å². The molecule has 1 nitrogen and oxygen atoms in total. The molecule has 1 aliphatic rings. The van der Waals surface area contributed by atoms with Crippen molar-refractivity contribution in [1.29, 1.82) is 0 Å². The Morgan fingerprint density at radius 2 is 2.00 bits per heavy atom. The molecule has 0 spiro atoms. The van der Waals surface area contributed by atoms with Gasteiger partial charge >= 0.3 is 0 Å². The molecule has 0 atom stereocenters. The number of hydrogen-bond donors (Lipinski definition) is 0. The molecule has 0 aromatic rings. The lowest BCUT2D eigenvalue weighted by Gasteiger charge is -2.36. The quantitative estimate of drug-likeness (QED) is 0.510. The van der Waals surface area contributed by atoms with Crippen molar-refractivity contribution >= 4 is 6.29 Å². The van der Waals surface area contributed by atoms with E-state index in [0.717, 1.165) is 37.4 Å². The molecule has 0 amide bonds. The maximum Gasteiger partial charge on any atom is 0.127 e. The van der Waals surface area contributed by atoms with Crippen LogP contribution in [0.5, 0.6) is 0 Å². The standard InChI is InChI=1S/C14H22O/c1-4-5-8-14(11-15)9-6-13(7-10-14)12(2)3/h11-13H,6-10H2,1-3H3. The predicted octanol–water partition coefficient (Wildman–Crippen LogP) is 3.43. The molecule has 15 heavy (non-hydrogen) atoms. The summed E-state index contributed by atoms with van der Waals surface area (Å²) >= 11 is 0. The van der Waals surface area contributed by atoms with Crippen LogP contribution in [0.1, 0.15) is 52.9 Å². The third-order valence-corrected chi connectivity index (χ3v) is 3.84. The van der Waals surface area contributed by atoms with Crippen LogP contribution in [0.3, 0.4) is 0 Å². The van der Waals surface area contributed by atoms with Crippen LogP contribution in [-0.2, 0) is 4.79 Å². The Kier molecular flexibility index (Phi) is 4.39. The summed E-state index contributed by atoms with van der Waals surface area (Å²) < 4.78 is 0. The van der Waals surface area contributed by atoms with E-state index in [1.165, 1.54) is 12.8 Å². The fraction of sp³-hybridized carbons (Fsp3) is 0.786. The van der Waals surface area contributed by atoms with Crippen LogP contribution in [0.15, 0.2) is 0 Å². The first-order valence-corrected chi connectivity index (χ1v) is 5.99. The molecule has 1 saturated carbocycles. The van der Waals surface area contributed by atoms with Gasteiger partial charge in [-0.1, -0.05) is 13.8 Å². The summed E-state index contributed by atoms with van der Waals surface area (Å²) in [5, 5.41) is 0. The highest BCUT2D eigenvalue weighted by Gasteiger charge is 2.35. The minimum absolute atomic E-state index is 0.117. The lowest BCUT2D eigenvalue weighted by atomic mass is 9.67. The predicted molar refractivity (Wildman–Crippen MR) is 63.4 cm³/mol. The lowest BCUT2D eigenvalue weighted by Crippen LogP contribution is -2.30. The Morgan fingerprint density at radius 3 is 2.40 bits per heavy atom. The summed E-state index contributed by atoms with van der Waals surface area (Å²) in [4.78, 5) is 11.2. The summed E-state index contributed by atoms with van der Waals surface area (Å²) in [6.07, 6.45) is 6.39. The third-order valence-electron chi connectivity index (χ3n) is 3.84. The number of hydrogen-bond acceptors (Lipinski definition) is 1. The van der Waals surface area contributed by atoms with Gasteiger partial charge in [-0.3, -0.25) is 0 Å². The van der Waals surface area contributed by atoms with Crippen LogP contribution >= 0.6 is 0 Å². The summed E-state index contributed by atoms with van der Waals surface area (Å²) in [5.41, 5.74) is -0.117. The fourth-order valence-electron chi connectivity index (χ4n) is 2.48. The van der Waals surface area contributed by atoms with Crippen molar-refractivity contribution in [2.24, 2.45) is 17.3 Å². The molecule has 0 saturated heterocycles. The first-order valence-electron chi connectivity index (χ1n) is 5.99. The molecule has 1 fully saturated rings. The zero-order valence-corrected chi connectivity index (χ0v) is 10.2. The van der Waals surface area contributed by atoms with Crippen molar-refractivity contribution in [3.8, 4) is 11.8 Å². The molecule has 0 aromatic heterocycles. The molecule has 0 aliphatic heterocycles. The van der Waals surface area contributed by atoms with E-state index < -0.39 is 0 Å². The molecular weight excluding hydrogens is 184 g/mol. The van der Waals surface area contributed by atoms with Gasteiger partial charge < -0.3 is 4.79 Å². The van der Waals surface area contributed by atoms with Gasteiger partial charge in [-0.15, -0.1) is 11.8 Å². The van der Waals surface area contributed by atoms with Crippen molar-refractivity contribution in [1.82, 2.24) is 0 Å². The van der Waals surface area contributed by atoms with Gasteiger partial charge in [0.15, 0.2) is 0 Å². The Morgan fingerprint density at radius 1 is 1.40 bits per heavy atom. The first-order chi connectivity index (χ1) is 7.13. The zero-order valence-electron chi connectivity index (χ0n) is 10.2. The van der Waals surface area contributed by atoms with Gasteiger partial charge in [0.2, 0.25) is 0 Å². The van der Waals surface area contributed by atoms with Crippen LogP contribution in [0.2, 0.25) is 0 Å². The summed E-state index contributed by atoms with van der Waals surface area (Å²) in [6.45, 7) is 6.41. The van der Waals surface area contributed by atoms with Crippen LogP contribution in [0.4, 0.5) is 0 Å². The Labute approximate surface area is 93.6 Å². The van der Waals surface area contributed by atoms with Crippen LogP contribution in [-0.4, -0.2) is 6.29 Å². The van der Waals surface area contributed by atoms with Crippen molar-refractivity contribution in [2.45, 2.75) is 52.9 Å². The van der Waals surface area contributed by atoms with Crippen molar-refractivity contribution in [3.05, 3.63) is 0 Å². The maximum atomic E-state index is 11.2. The second-order valence-electron chi connectivity index (χ2n) is 5.17. The minimum Gasteiger partial charge on any atom is -0.303 e. The minimum atomic E-state index is -0.117. The number of aldehydes is 1. The van der Waals surface area contributed by atoms with Crippen molar-refractivity contribution < 1.29 is 4.79 Å². The molecule has 0 aromatic carbocycles. The summed E-state index contributed by atoms with van der Waals surface area (Å²) in [7, 11) is 0. The largest absolute Gasteiger partial charge is 0.303 e. The average molecular weight is 206 g/mol. The second kappa shape index (κ2) is 5.35. The molecule has 0 heterocycles. The van der Waals surface area contributed by atoms with Gasteiger partial charge in [0, 0.05) is 11.8 Å². The molecule has 1 aliphatic carbocycles. The smallest absolute Gasteiger partial charge is 0.127 e. The lowest BCUT2D eigenvalue weighted by molar-refractivity contribution is -0.118. The normalized spacial score (nSPS) is 30.8. The van der Waals surface area contributed by atoms with Gasteiger partial charge in [0.25, 0.3) is 0 Å². The number of rotatable bonds is 3. The SMILES string of the molecule is CC#CCC1(C=O)CCC(C(C)C)CC1. The highest BCUT2D eigenvalue weighted by atomic mass is 16.1. The summed E-state index contributed by atoms with van der Waals surface area (Å²) in [6, 6.07) is 0.